The molecule has 0 aliphatic heterocycles. The lowest BCUT2D eigenvalue weighted by atomic mass is 9.84. The van der Waals surface area contributed by atoms with E-state index in [-0.39, 0.29) is 28.1 Å². The Bertz CT molecular complexity index is 1640. The van der Waals surface area contributed by atoms with Crippen molar-refractivity contribution in [1.82, 2.24) is 10.5 Å². The molecule has 0 aliphatic rings. The van der Waals surface area contributed by atoms with Gasteiger partial charge in [0.05, 0.1) is 25.3 Å². The van der Waals surface area contributed by atoms with Crippen LogP contribution in [0.3, 0.4) is 0 Å². The number of hydrogen-bond acceptors (Lipinski definition) is 7. The van der Waals surface area contributed by atoms with Gasteiger partial charge in [0.1, 0.15) is 23.3 Å². The van der Waals surface area contributed by atoms with Crippen LogP contribution in [0.15, 0.2) is 65.2 Å². The van der Waals surface area contributed by atoms with Crippen molar-refractivity contribution >= 4 is 17.5 Å². The Labute approximate surface area is 239 Å². The summed E-state index contributed by atoms with van der Waals surface area (Å²) in [5.41, 5.74) is 4.49. The van der Waals surface area contributed by atoms with Crippen LogP contribution in [0, 0.1) is 18.3 Å². The SMILES string of the molecule is COc1cccc(CNC(=O)c2cc(-c3cc(NC(=O)c4cc(C(C)(C)C)cc(C#N)c4OC)ccc3C)no2)c1. The molecule has 9 nitrogen and oxygen atoms in total. The third-order valence-electron chi connectivity index (χ3n) is 6.62. The van der Waals surface area contributed by atoms with E-state index >= 15 is 0 Å². The fourth-order valence-corrected chi connectivity index (χ4v) is 4.27. The van der Waals surface area contributed by atoms with Crippen molar-refractivity contribution in [2.75, 3.05) is 19.5 Å². The van der Waals surface area contributed by atoms with E-state index in [2.05, 4.69) is 21.9 Å². The monoisotopic (exact) mass is 552 g/mol. The minimum Gasteiger partial charge on any atom is -0.497 e. The van der Waals surface area contributed by atoms with Crippen LogP contribution >= 0.6 is 0 Å². The van der Waals surface area contributed by atoms with E-state index in [0.29, 0.717) is 29.2 Å². The molecule has 0 bridgehead atoms. The molecule has 9 heteroatoms. The minimum absolute atomic E-state index is 0.0597. The lowest BCUT2D eigenvalue weighted by molar-refractivity contribution is 0.0913. The molecule has 1 heterocycles. The van der Waals surface area contributed by atoms with Crippen LogP contribution in [0.5, 0.6) is 11.5 Å². The van der Waals surface area contributed by atoms with Crippen molar-refractivity contribution in [2.24, 2.45) is 0 Å². The molecule has 0 spiro atoms. The Hall–Kier alpha value is -5.10. The van der Waals surface area contributed by atoms with Gasteiger partial charge in [-0.1, -0.05) is 44.1 Å². The molecule has 3 aromatic carbocycles. The predicted octanol–water partition coefficient (Wildman–Crippen LogP) is 6.02. The second kappa shape index (κ2) is 12.0. The van der Waals surface area contributed by atoms with Crippen molar-refractivity contribution in [3.05, 3.63) is 94.2 Å². The fraction of sp³-hybridized carbons (Fsp3) is 0.250. The van der Waals surface area contributed by atoms with E-state index < -0.39 is 11.8 Å². The third-order valence-corrected chi connectivity index (χ3v) is 6.62. The highest BCUT2D eigenvalue weighted by Crippen LogP contribution is 2.33. The predicted molar refractivity (Wildman–Crippen MR) is 155 cm³/mol. The Balaban J connectivity index is 1.55. The largest absolute Gasteiger partial charge is 0.497 e. The molecule has 0 unspecified atom stereocenters. The normalized spacial score (nSPS) is 11.0. The van der Waals surface area contributed by atoms with Gasteiger partial charge in [0.2, 0.25) is 5.76 Å². The standard InChI is InChI=1S/C32H32N4O5/c1-19-10-11-23(35-30(37)26-14-22(32(2,3)4)13-21(17-33)29(26)40-6)15-25(19)27-16-28(41-36-27)31(38)34-18-20-8-7-9-24(12-20)39-5/h7-16H,18H2,1-6H3,(H,34,38)(H,35,37). The molecule has 0 radical (unpaired) electrons. The van der Waals surface area contributed by atoms with Crippen molar-refractivity contribution in [2.45, 2.75) is 39.7 Å². The summed E-state index contributed by atoms with van der Waals surface area (Å²) in [5, 5.41) is 19.5. The number of rotatable bonds is 8. The van der Waals surface area contributed by atoms with Gasteiger partial charge in [-0.3, -0.25) is 9.59 Å². The Kier molecular flexibility index (Phi) is 8.43. The van der Waals surface area contributed by atoms with Crippen LogP contribution in [-0.4, -0.2) is 31.2 Å². The first-order chi connectivity index (χ1) is 19.5. The number of nitrogens with zero attached hydrogens (tertiary/aromatic N) is 2. The van der Waals surface area contributed by atoms with Gasteiger partial charge in [-0.25, -0.2) is 0 Å². The molecule has 2 amide bonds. The number of nitriles is 1. The number of hydrogen-bond donors (Lipinski definition) is 2. The van der Waals surface area contributed by atoms with E-state index in [1.165, 1.54) is 7.11 Å². The molecule has 0 saturated carbocycles. The Morgan fingerprint density at radius 2 is 1.78 bits per heavy atom. The smallest absolute Gasteiger partial charge is 0.290 e. The number of nitrogens with one attached hydrogen (secondary N) is 2. The maximum absolute atomic E-state index is 13.4. The number of aromatic nitrogens is 1. The average Bonchev–Trinajstić information content (AvgIpc) is 3.46. The van der Waals surface area contributed by atoms with Gasteiger partial charge in [-0.2, -0.15) is 5.26 Å². The fourth-order valence-electron chi connectivity index (χ4n) is 4.27. The Morgan fingerprint density at radius 1 is 1.00 bits per heavy atom. The number of amides is 2. The number of benzene rings is 3. The number of carbonyl (C=O) groups is 2. The number of aryl methyl sites for hydroxylation is 1. The van der Waals surface area contributed by atoms with Gasteiger partial charge in [0.15, 0.2) is 0 Å². The number of ether oxygens (including phenoxy) is 2. The molecule has 0 saturated heterocycles. The summed E-state index contributed by atoms with van der Waals surface area (Å²) < 4.78 is 16.0. The minimum atomic E-state index is -0.419. The summed E-state index contributed by atoms with van der Waals surface area (Å²) in [6.45, 7) is 8.21. The van der Waals surface area contributed by atoms with E-state index in [9.17, 15) is 14.9 Å². The molecular weight excluding hydrogens is 520 g/mol. The topological polar surface area (TPSA) is 126 Å². The molecule has 1 aromatic heterocycles. The quantitative estimate of drug-likeness (QED) is 0.274. The van der Waals surface area contributed by atoms with Crippen LogP contribution < -0.4 is 20.1 Å². The highest BCUT2D eigenvalue weighted by atomic mass is 16.5. The first-order valence-electron chi connectivity index (χ1n) is 13.0. The molecule has 2 N–H and O–H groups in total. The van der Waals surface area contributed by atoms with Gasteiger partial charge in [-0.15, -0.1) is 0 Å². The summed E-state index contributed by atoms with van der Waals surface area (Å²) in [7, 11) is 3.02. The van der Waals surface area contributed by atoms with Gasteiger partial charge in [-0.05, 0) is 65.4 Å². The zero-order valence-corrected chi connectivity index (χ0v) is 23.9. The number of carbonyl (C=O) groups excluding carboxylic acids is 2. The molecule has 4 rings (SSSR count). The van der Waals surface area contributed by atoms with E-state index in [4.69, 9.17) is 14.0 Å². The number of anilines is 1. The van der Waals surface area contributed by atoms with Crippen molar-refractivity contribution in [3.8, 4) is 28.8 Å². The Morgan fingerprint density at radius 3 is 2.46 bits per heavy atom. The zero-order valence-electron chi connectivity index (χ0n) is 23.9. The van der Waals surface area contributed by atoms with E-state index in [0.717, 1.165) is 16.7 Å². The van der Waals surface area contributed by atoms with Crippen molar-refractivity contribution in [1.29, 1.82) is 5.26 Å². The summed E-state index contributed by atoms with van der Waals surface area (Å²) in [6, 6.07) is 19.9. The zero-order chi connectivity index (χ0) is 29.7. The molecule has 0 fully saturated rings. The summed E-state index contributed by atoms with van der Waals surface area (Å²) >= 11 is 0. The highest BCUT2D eigenvalue weighted by molar-refractivity contribution is 6.07. The summed E-state index contributed by atoms with van der Waals surface area (Å²) in [5.74, 6) is 0.146. The lowest BCUT2D eigenvalue weighted by Crippen LogP contribution is -2.22. The van der Waals surface area contributed by atoms with Crippen LogP contribution in [0.4, 0.5) is 5.69 Å². The maximum atomic E-state index is 13.4. The molecule has 0 aliphatic carbocycles. The van der Waals surface area contributed by atoms with Crippen LogP contribution in [0.2, 0.25) is 0 Å². The van der Waals surface area contributed by atoms with Gasteiger partial charge in [0, 0.05) is 23.9 Å². The van der Waals surface area contributed by atoms with E-state index in [1.54, 1.807) is 37.4 Å². The van der Waals surface area contributed by atoms with Crippen LogP contribution in [0.25, 0.3) is 11.3 Å². The molecule has 210 valence electrons. The average molecular weight is 553 g/mol. The summed E-state index contributed by atoms with van der Waals surface area (Å²) in [4.78, 5) is 26.1. The second-order valence-electron chi connectivity index (χ2n) is 10.6. The highest BCUT2D eigenvalue weighted by Gasteiger charge is 2.23. The van der Waals surface area contributed by atoms with Crippen molar-refractivity contribution < 1.29 is 23.6 Å². The molecule has 0 atom stereocenters. The molecular formula is C32H32N4O5. The van der Waals surface area contributed by atoms with E-state index in [1.807, 2.05) is 58.0 Å². The third kappa shape index (κ3) is 6.56. The molecule has 41 heavy (non-hydrogen) atoms. The maximum Gasteiger partial charge on any atom is 0.290 e. The van der Waals surface area contributed by atoms with Crippen LogP contribution in [-0.2, 0) is 12.0 Å². The van der Waals surface area contributed by atoms with Gasteiger partial charge >= 0.3 is 0 Å². The van der Waals surface area contributed by atoms with Crippen molar-refractivity contribution in [3.63, 3.8) is 0 Å². The first-order valence-corrected chi connectivity index (χ1v) is 13.0. The lowest BCUT2D eigenvalue weighted by Gasteiger charge is -2.22. The first kappa shape index (κ1) is 28.9. The molecule has 4 aromatic rings. The van der Waals surface area contributed by atoms with Gasteiger partial charge < -0.3 is 24.6 Å². The van der Waals surface area contributed by atoms with Crippen LogP contribution in [0.1, 0.15) is 63.9 Å². The van der Waals surface area contributed by atoms with Gasteiger partial charge in [0.25, 0.3) is 11.8 Å². The second-order valence-corrected chi connectivity index (χ2v) is 10.6. The summed E-state index contributed by atoms with van der Waals surface area (Å²) in [6.07, 6.45) is 0. The number of methoxy groups -OCH3 is 2.